The number of aromatic nitrogens is 3. The number of nitrogens with zero attached hydrogens (tertiary/aromatic N) is 3. The van der Waals surface area contributed by atoms with E-state index in [0.29, 0.717) is 11.3 Å². The van der Waals surface area contributed by atoms with Gasteiger partial charge in [0.2, 0.25) is 0 Å². The molecule has 9 heteroatoms. The lowest BCUT2D eigenvalue weighted by Crippen LogP contribution is -2.16. The number of ether oxygens (including phenoxy) is 1. The van der Waals surface area contributed by atoms with E-state index in [-0.39, 0.29) is 17.7 Å². The maximum absolute atomic E-state index is 13.1. The molecular formula is C24H21ClF2N4O2. The molecule has 0 fully saturated rings. The van der Waals surface area contributed by atoms with Crippen LogP contribution in [0.25, 0.3) is 22.0 Å². The Balaban J connectivity index is 1.72. The highest BCUT2D eigenvalue weighted by atomic mass is 35.5. The molecule has 0 radical (unpaired) electrons. The number of carbonyl (C=O) groups is 1. The van der Waals surface area contributed by atoms with Gasteiger partial charge < -0.3 is 14.6 Å². The molecule has 0 atom stereocenters. The number of nitrogens with one attached hydrogen (secondary N) is 1. The molecule has 4 rings (SSSR count). The molecule has 0 aliphatic rings. The van der Waals surface area contributed by atoms with E-state index in [4.69, 9.17) is 11.6 Å². The van der Waals surface area contributed by atoms with E-state index in [1.165, 1.54) is 30.6 Å². The fourth-order valence-corrected chi connectivity index (χ4v) is 3.78. The Hall–Kier alpha value is -3.52. The molecule has 0 bridgehead atoms. The molecule has 33 heavy (non-hydrogen) atoms. The number of amides is 1. The molecule has 2 aromatic carbocycles. The number of aryl methyl sites for hydroxylation is 1. The molecule has 0 aliphatic carbocycles. The van der Waals surface area contributed by atoms with Gasteiger partial charge in [-0.15, -0.1) is 8.78 Å². The van der Waals surface area contributed by atoms with Gasteiger partial charge in [-0.2, -0.15) is 0 Å². The molecule has 2 aromatic heterocycles. The van der Waals surface area contributed by atoms with Gasteiger partial charge in [0.25, 0.3) is 5.91 Å². The molecule has 0 saturated heterocycles. The van der Waals surface area contributed by atoms with Gasteiger partial charge in [0.1, 0.15) is 12.1 Å². The molecule has 1 amide bonds. The average Bonchev–Trinajstić information content (AvgIpc) is 3.11. The first-order valence-electron chi connectivity index (χ1n) is 10.2. The third kappa shape index (κ3) is 4.96. The summed E-state index contributed by atoms with van der Waals surface area (Å²) >= 11 is 4.78. The van der Waals surface area contributed by atoms with E-state index in [2.05, 4.69) is 44.6 Å². The highest BCUT2D eigenvalue weighted by Crippen LogP contribution is 2.35. The second-order valence-corrected chi connectivity index (χ2v) is 8.33. The summed E-state index contributed by atoms with van der Waals surface area (Å²) in [4.78, 5) is 21.3. The number of rotatable bonds is 6. The van der Waals surface area contributed by atoms with Crippen LogP contribution in [0.3, 0.4) is 0 Å². The summed E-state index contributed by atoms with van der Waals surface area (Å²) < 4.78 is 32.1. The number of halogens is 3. The predicted molar refractivity (Wildman–Crippen MR) is 124 cm³/mol. The van der Waals surface area contributed by atoms with Crippen LogP contribution < -0.4 is 10.1 Å². The van der Waals surface area contributed by atoms with E-state index in [1.54, 1.807) is 18.5 Å². The second kappa shape index (κ2) is 8.78. The predicted octanol–water partition coefficient (Wildman–Crippen LogP) is 6.41. The fraction of sp³-hybridized carbons (Fsp3) is 0.208. The number of hydrogen-bond acceptors (Lipinski definition) is 4. The third-order valence-electron chi connectivity index (χ3n) is 5.16. The van der Waals surface area contributed by atoms with Crippen molar-refractivity contribution in [3.8, 4) is 16.9 Å². The first kappa shape index (κ1) is 22.7. The maximum atomic E-state index is 13.1. The quantitative estimate of drug-likeness (QED) is 0.331. The second-order valence-electron chi connectivity index (χ2n) is 7.89. The number of fused-ring (bicyclic) bond motifs is 1. The summed E-state index contributed by atoms with van der Waals surface area (Å²) in [5.74, 6) is -0.463. The Bertz CT molecular complexity index is 1300. The van der Waals surface area contributed by atoms with Gasteiger partial charge in [0, 0.05) is 64.0 Å². The zero-order chi connectivity index (χ0) is 23.8. The van der Waals surface area contributed by atoms with Crippen molar-refractivity contribution in [1.29, 1.82) is 0 Å². The first-order chi connectivity index (χ1) is 15.6. The van der Waals surface area contributed by atoms with Gasteiger partial charge in [0.05, 0.1) is 5.52 Å². The van der Waals surface area contributed by atoms with E-state index < -0.39 is 5.57 Å². The number of anilines is 1. The van der Waals surface area contributed by atoms with Gasteiger partial charge in [0.15, 0.2) is 0 Å². The minimum Gasteiger partial charge on any atom is -0.420 e. The minimum absolute atomic E-state index is 0.119. The van der Waals surface area contributed by atoms with E-state index in [9.17, 15) is 13.6 Å². The Kier molecular flexibility index (Phi) is 6.03. The average molecular weight is 471 g/mol. The molecule has 4 aromatic rings. The zero-order valence-corrected chi connectivity index (χ0v) is 18.9. The molecule has 6 nitrogen and oxygen atoms in total. The van der Waals surface area contributed by atoms with Crippen molar-refractivity contribution >= 4 is 34.1 Å². The van der Waals surface area contributed by atoms with Crippen LogP contribution in [0.4, 0.5) is 14.5 Å². The van der Waals surface area contributed by atoms with E-state index in [0.717, 1.165) is 27.6 Å². The topological polar surface area (TPSA) is 69.0 Å². The lowest BCUT2D eigenvalue weighted by Gasteiger charge is -2.15. The van der Waals surface area contributed by atoms with Crippen LogP contribution in [0.2, 0.25) is 0 Å². The van der Waals surface area contributed by atoms with Crippen LogP contribution in [0, 0.1) is 6.92 Å². The lowest BCUT2D eigenvalue weighted by molar-refractivity contribution is -0.0964. The van der Waals surface area contributed by atoms with Crippen LogP contribution in [0.5, 0.6) is 5.75 Å². The molecule has 0 unspecified atom stereocenters. The molecule has 1 N–H and O–H groups in total. The Morgan fingerprint density at radius 3 is 2.42 bits per heavy atom. The molecule has 170 valence electrons. The van der Waals surface area contributed by atoms with Crippen molar-refractivity contribution in [3.63, 3.8) is 0 Å². The SMILES string of the molecule is Cc1cn(C(C)C)c2c(-c3cncnc3)cc(C(=O)Nc3ccc(OC(F)(F)Cl)cc3)cc12. The summed E-state index contributed by atoms with van der Waals surface area (Å²) in [6.45, 7) is 6.19. The van der Waals surface area contributed by atoms with E-state index in [1.807, 2.05) is 13.0 Å². The fourth-order valence-electron chi connectivity index (χ4n) is 3.70. The van der Waals surface area contributed by atoms with Crippen LogP contribution in [0.1, 0.15) is 35.8 Å². The Morgan fingerprint density at radius 2 is 1.82 bits per heavy atom. The zero-order valence-electron chi connectivity index (χ0n) is 18.1. The van der Waals surface area contributed by atoms with Gasteiger partial charge in [-0.25, -0.2) is 9.97 Å². The van der Waals surface area contributed by atoms with Crippen molar-refractivity contribution < 1.29 is 18.3 Å². The molecule has 0 spiro atoms. The maximum Gasteiger partial charge on any atom is 0.487 e. The smallest absolute Gasteiger partial charge is 0.420 e. The van der Waals surface area contributed by atoms with Crippen LogP contribution in [-0.2, 0) is 0 Å². The first-order valence-corrected chi connectivity index (χ1v) is 10.6. The van der Waals surface area contributed by atoms with E-state index >= 15 is 0 Å². The highest BCUT2D eigenvalue weighted by molar-refractivity contribution is 6.20. The van der Waals surface area contributed by atoms with Crippen molar-refractivity contribution in [2.75, 3.05) is 5.32 Å². The highest BCUT2D eigenvalue weighted by Gasteiger charge is 2.27. The monoisotopic (exact) mass is 470 g/mol. The van der Waals surface area contributed by atoms with Gasteiger partial charge in [-0.3, -0.25) is 4.79 Å². The van der Waals surface area contributed by atoms with Gasteiger partial charge in [-0.05, 0) is 62.7 Å². The summed E-state index contributed by atoms with van der Waals surface area (Å²) in [5.41, 5.74) is 0.730. The summed E-state index contributed by atoms with van der Waals surface area (Å²) in [6.07, 6.45) is 6.94. The number of alkyl halides is 3. The summed E-state index contributed by atoms with van der Waals surface area (Å²) in [7, 11) is 0. The van der Waals surface area contributed by atoms with Gasteiger partial charge in [-0.1, -0.05) is 0 Å². The van der Waals surface area contributed by atoms with Crippen LogP contribution >= 0.6 is 11.6 Å². The third-order valence-corrected chi connectivity index (χ3v) is 5.24. The van der Waals surface area contributed by atoms with Gasteiger partial charge >= 0.3 is 5.57 Å². The molecular weight excluding hydrogens is 450 g/mol. The van der Waals surface area contributed by atoms with Crippen molar-refractivity contribution in [2.45, 2.75) is 32.4 Å². The Labute approximate surface area is 194 Å². The Morgan fingerprint density at radius 1 is 1.15 bits per heavy atom. The van der Waals surface area contributed by atoms with Crippen molar-refractivity contribution in [2.24, 2.45) is 0 Å². The van der Waals surface area contributed by atoms with Crippen molar-refractivity contribution in [3.05, 3.63) is 72.4 Å². The molecule has 2 heterocycles. The minimum atomic E-state index is -3.80. The number of benzene rings is 2. The standard InChI is InChI=1S/C24H21ClF2N4O2/c1-14(2)31-12-15(3)20-8-16(9-21(22(20)31)17-10-28-13-29-11-17)23(32)30-18-4-6-19(7-5-18)33-24(25,26)27/h4-14H,1-3H3,(H,30,32). The largest absolute Gasteiger partial charge is 0.487 e. The summed E-state index contributed by atoms with van der Waals surface area (Å²) in [5, 5.41) is 3.74. The van der Waals surface area contributed by atoms with Crippen LogP contribution in [0.15, 0.2) is 61.3 Å². The molecule has 0 saturated carbocycles. The van der Waals surface area contributed by atoms with Crippen molar-refractivity contribution in [1.82, 2.24) is 14.5 Å². The lowest BCUT2D eigenvalue weighted by atomic mass is 10.00. The molecule has 0 aliphatic heterocycles. The number of hydrogen-bond donors (Lipinski definition) is 1. The summed E-state index contributed by atoms with van der Waals surface area (Å²) in [6, 6.07) is 9.38. The number of carbonyl (C=O) groups excluding carboxylic acids is 1. The van der Waals surface area contributed by atoms with Crippen LogP contribution in [-0.4, -0.2) is 26.0 Å². The normalized spacial score (nSPS) is 11.7.